The zero-order valence-corrected chi connectivity index (χ0v) is 19.7. The molecular weight excluding hydrogens is 472 g/mol. The van der Waals surface area contributed by atoms with Crippen LogP contribution in [0.3, 0.4) is 0 Å². The van der Waals surface area contributed by atoms with Crippen molar-refractivity contribution in [1.29, 1.82) is 0 Å². The van der Waals surface area contributed by atoms with Crippen LogP contribution in [0.15, 0.2) is 60.7 Å². The average Bonchev–Trinajstić information content (AvgIpc) is 3.09. The maximum absolute atomic E-state index is 13.2. The van der Waals surface area contributed by atoms with Gasteiger partial charge in [-0.3, -0.25) is 19.2 Å². The Kier molecular flexibility index (Phi) is 6.53. The Morgan fingerprint density at radius 1 is 0.971 bits per heavy atom. The monoisotopic (exact) mass is 496 g/mol. The summed E-state index contributed by atoms with van der Waals surface area (Å²) >= 11 is 1.29. The number of nitrogens with zero attached hydrogens (tertiary/aromatic N) is 1. The number of hydrogen-bond donors (Lipinski definition) is 4. The molecule has 4 atom stereocenters. The second kappa shape index (κ2) is 9.41. The number of fused-ring (bicyclic) bond motifs is 1. The van der Waals surface area contributed by atoms with Crippen molar-refractivity contribution in [3.63, 3.8) is 0 Å². The zero-order chi connectivity index (χ0) is 25.3. The fourth-order valence-electron chi connectivity index (χ4n) is 4.23. The van der Waals surface area contributed by atoms with Gasteiger partial charge in [0.25, 0.3) is 0 Å². The van der Waals surface area contributed by atoms with Gasteiger partial charge in [0, 0.05) is 10.4 Å². The van der Waals surface area contributed by atoms with Crippen LogP contribution in [0, 0.1) is 0 Å². The van der Waals surface area contributed by atoms with Gasteiger partial charge < -0.3 is 26.0 Å². The summed E-state index contributed by atoms with van der Waals surface area (Å²) in [7, 11) is 0. The summed E-state index contributed by atoms with van der Waals surface area (Å²) in [6, 6.07) is 13.5. The first-order valence-electron chi connectivity index (χ1n) is 10.8. The Hall–Kier alpha value is -3.86. The highest BCUT2D eigenvalue weighted by molar-refractivity contribution is 8.01. The molecule has 2 aromatic carbocycles. The standard InChI is InChI=1S/C24H24N4O6S/c1-24(2)17(23(33)34)28-21(32)16(22(28)35-24)27-18(29)15(13-9-5-3-6-10-13)26-20(31)19(30)25-14-11-7-4-8-12-14/h3-12,15-17,22H,1-2H3,(H,25,30)(H,26,31)(H,27,29)(H,33,34)/t15?,16-,17+,22-/m1/s1. The van der Waals surface area contributed by atoms with E-state index in [-0.39, 0.29) is 0 Å². The number of benzene rings is 2. The van der Waals surface area contributed by atoms with Crippen LogP contribution in [-0.2, 0) is 24.0 Å². The number of carbonyl (C=O) groups is 5. The molecule has 0 aromatic heterocycles. The first kappa shape index (κ1) is 24.3. The van der Waals surface area contributed by atoms with Crippen LogP contribution in [0.4, 0.5) is 5.69 Å². The average molecular weight is 497 g/mol. The number of carboxylic acids is 1. The molecule has 10 nitrogen and oxygen atoms in total. The summed E-state index contributed by atoms with van der Waals surface area (Å²) in [6.45, 7) is 3.47. The van der Waals surface area contributed by atoms with Gasteiger partial charge in [-0.15, -0.1) is 11.8 Å². The lowest BCUT2D eigenvalue weighted by atomic mass is 9.95. The van der Waals surface area contributed by atoms with Gasteiger partial charge in [0.15, 0.2) is 0 Å². The van der Waals surface area contributed by atoms with Gasteiger partial charge in [0.1, 0.15) is 23.5 Å². The molecule has 2 heterocycles. The third-order valence-electron chi connectivity index (χ3n) is 5.88. The van der Waals surface area contributed by atoms with Crippen LogP contribution in [0.5, 0.6) is 0 Å². The maximum atomic E-state index is 13.2. The fraction of sp³-hybridized carbons (Fsp3) is 0.292. The summed E-state index contributed by atoms with van der Waals surface area (Å²) in [4.78, 5) is 64.0. The summed E-state index contributed by atoms with van der Waals surface area (Å²) in [5.41, 5.74) is 0.833. The Balaban J connectivity index is 1.49. The van der Waals surface area contributed by atoms with Crippen LogP contribution < -0.4 is 16.0 Å². The first-order valence-corrected chi connectivity index (χ1v) is 11.7. The second-order valence-corrected chi connectivity index (χ2v) is 10.5. The Bertz CT molecular complexity index is 1170. The van der Waals surface area contributed by atoms with Gasteiger partial charge in [-0.25, -0.2) is 4.79 Å². The smallest absolute Gasteiger partial charge is 0.327 e. The van der Waals surface area contributed by atoms with E-state index in [0.717, 1.165) is 0 Å². The molecule has 4 amide bonds. The van der Waals surface area contributed by atoms with E-state index in [9.17, 15) is 29.1 Å². The normalized spacial score (nSPS) is 22.9. The summed E-state index contributed by atoms with van der Waals surface area (Å²) < 4.78 is -0.742. The largest absolute Gasteiger partial charge is 0.480 e. The van der Waals surface area contributed by atoms with Crippen LogP contribution in [0.2, 0.25) is 0 Å². The molecule has 4 rings (SSSR count). The van der Waals surface area contributed by atoms with E-state index in [4.69, 9.17) is 0 Å². The van der Waals surface area contributed by atoms with Crippen molar-refractivity contribution in [1.82, 2.24) is 15.5 Å². The molecule has 2 aromatic rings. The maximum Gasteiger partial charge on any atom is 0.327 e. The van der Waals surface area contributed by atoms with E-state index < -0.39 is 57.8 Å². The molecule has 11 heteroatoms. The highest BCUT2D eigenvalue weighted by Crippen LogP contribution is 2.50. The minimum Gasteiger partial charge on any atom is -0.480 e. The van der Waals surface area contributed by atoms with Gasteiger partial charge >= 0.3 is 17.8 Å². The molecule has 2 aliphatic heterocycles. The molecule has 2 fully saturated rings. The predicted molar refractivity (Wildman–Crippen MR) is 128 cm³/mol. The molecule has 0 aliphatic carbocycles. The molecule has 4 N–H and O–H groups in total. The fourth-order valence-corrected chi connectivity index (χ4v) is 5.86. The Morgan fingerprint density at radius 2 is 1.57 bits per heavy atom. The van der Waals surface area contributed by atoms with Crippen LogP contribution in [0.25, 0.3) is 0 Å². The van der Waals surface area contributed by atoms with Crippen molar-refractivity contribution in [3.05, 3.63) is 66.2 Å². The molecule has 0 spiro atoms. The molecule has 0 bridgehead atoms. The lowest BCUT2D eigenvalue weighted by Crippen LogP contribution is -2.71. The number of carbonyl (C=O) groups excluding carboxylic acids is 4. The molecule has 0 radical (unpaired) electrons. The van der Waals surface area contributed by atoms with Gasteiger partial charge in [-0.1, -0.05) is 48.5 Å². The number of aliphatic carboxylic acids is 1. The van der Waals surface area contributed by atoms with Crippen molar-refractivity contribution in [3.8, 4) is 0 Å². The molecule has 182 valence electrons. The number of thioether (sulfide) groups is 1. The summed E-state index contributed by atoms with van der Waals surface area (Å²) in [5, 5.41) is 16.6. The van der Waals surface area contributed by atoms with Crippen LogP contribution in [-0.4, -0.2) is 61.8 Å². The first-order chi connectivity index (χ1) is 16.6. The van der Waals surface area contributed by atoms with E-state index >= 15 is 0 Å². The van der Waals surface area contributed by atoms with E-state index in [1.165, 1.54) is 16.7 Å². The number of para-hydroxylation sites is 1. The van der Waals surface area contributed by atoms with Crippen LogP contribution in [0.1, 0.15) is 25.5 Å². The Labute approximate surface area is 205 Å². The van der Waals surface area contributed by atoms with Crippen molar-refractivity contribution >= 4 is 47.0 Å². The van der Waals surface area contributed by atoms with E-state index in [2.05, 4.69) is 16.0 Å². The topological polar surface area (TPSA) is 145 Å². The van der Waals surface area contributed by atoms with Crippen LogP contribution >= 0.6 is 11.8 Å². The molecule has 2 aliphatic rings. The van der Waals surface area contributed by atoms with Crippen molar-refractivity contribution in [2.24, 2.45) is 0 Å². The van der Waals surface area contributed by atoms with Gasteiger partial charge in [-0.05, 0) is 31.5 Å². The van der Waals surface area contributed by atoms with E-state index in [0.29, 0.717) is 11.3 Å². The molecule has 2 saturated heterocycles. The third kappa shape index (κ3) is 4.72. The number of amides is 4. The number of carboxylic acid groups (broad SMARTS) is 1. The molecule has 35 heavy (non-hydrogen) atoms. The number of rotatable bonds is 6. The third-order valence-corrected chi connectivity index (χ3v) is 7.45. The SMILES string of the molecule is CC1(C)S[C@@H]2[C@H](NC(=O)C(NC(=O)C(=O)Nc3ccccc3)c3ccccc3)C(=O)N2[C@H]1C(=O)O. The second-order valence-electron chi connectivity index (χ2n) is 8.72. The predicted octanol–water partition coefficient (Wildman–Crippen LogP) is 1.11. The zero-order valence-electron chi connectivity index (χ0n) is 18.9. The number of nitrogens with one attached hydrogen (secondary N) is 3. The minimum atomic E-state index is -1.25. The molecular formula is C24H24N4O6S. The lowest BCUT2D eigenvalue weighted by Gasteiger charge is -2.44. The number of β-lactam (4-membered cyclic amide) rings is 1. The van der Waals surface area contributed by atoms with E-state index in [1.54, 1.807) is 74.5 Å². The number of anilines is 1. The van der Waals surface area contributed by atoms with Crippen molar-refractivity contribution < 1.29 is 29.1 Å². The van der Waals surface area contributed by atoms with Gasteiger partial charge in [0.2, 0.25) is 11.8 Å². The highest BCUT2D eigenvalue weighted by Gasteiger charge is 2.64. The lowest BCUT2D eigenvalue weighted by molar-refractivity contribution is -0.161. The number of hydrogen-bond acceptors (Lipinski definition) is 6. The minimum absolute atomic E-state index is 0.414. The van der Waals surface area contributed by atoms with E-state index in [1.807, 2.05) is 0 Å². The molecule has 1 unspecified atom stereocenters. The van der Waals surface area contributed by atoms with Crippen molar-refractivity contribution in [2.45, 2.75) is 42.1 Å². The summed E-state index contributed by atoms with van der Waals surface area (Å²) in [5.74, 6) is -4.28. The summed E-state index contributed by atoms with van der Waals surface area (Å²) in [6.07, 6.45) is 0. The van der Waals surface area contributed by atoms with Gasteiger partial charge in [-0.2, -0.15) is 0 Å². The van der Waals surface area contributed by atoms with Gasteiger partial charge in [0.05, 0.1) is 0 Å². The quantitative estimate of drug-likeness (QED) is 0.346. The Morgan fingerprint density at radius 3 is 2.17 bits per heavy atom. The highest BCUT2D eigenvalue weighted by atomic mass is 32.2. The molecule has 0 saturated carbocycles. The van der Waals surface area contributed by atoms with Crippen molar-refractivity contribution in [2.75, 3.05) is 5.32 Å².